The first kappa shape index (κ1) is 18.1. The molecule has 3 aromatic rings. The van der Waals surface area contributed by atoms with Crippen LogP contribution in [-0.4, -0.2) is 55.1 Å². The Balaban J connectivity index is 1.58. The average molecular weight is 390 g/mol. The Labute approximate surface area is 168 Å². The summed E-state index contributed by atoms with van der Waals surface area (Å²) in [6.45, 7) is 4.39. The van der Waals surface area contributed by atoms with Crippen molar-refractivity contribution >= 4 is 16.9 Å². The van der Waals surface area contributed by atoms with Gasteiger partial charge in [-0.05, 0) is 17.7 Å². The molecule has 1 atom stereocenters. The Morgan fingerprint density at radius 3 is 2.41 bits per heavy atom. The molecule has 29 heavy (non-hydrogen) atoms. The molecule has 0 bridgehead atoms. The maximum atomic E-state index is 13.3. The maximum absolute atomic E-state index is 13.3. The molecule has 1 saturated heterocycles. The minimum atomic E-state index is -0.430. The van der Waals surface area contributed by atoms with Gasteiger partial charge in [0, 0.05) is 26.2 Å². The highest BCUT2D eigenvalue weighted by Crippen LogP contribution is 2.37. The summed E-state index contributed by atoms with van der Waals surface area (Å²) in [4.78, 5) is 30.7. The number of hydrogen-bond acceptors (Lipinski definition) is 5. The number of fused-ring (bicyclic) bond motifs is 2. The van der Waals surface area contributed by atoms with Crippen LogP contribution in [0.2, 0.25) is 0 Å². The molecule has 2 aliphatic heterocycles. The highest BCUT2D eigenvalue weighted by atomic mass is 16.5. The van der Waals surface area contributed by atoms with Crippen molar-refractivity contribution in [1.82, 2.24) is 9.80 Å². The largest absolute Gasteiger partial charge is 0.450 e. The summed E-state index contributed by atoms with van der Waals surface area (Å²) in [6, 6.07) is 16.4. The summed E-state index contributed by atoms with van der Waals surface area (Å²) in [5.74, 6) is -0.0468. The van der Waals surface area contributed by atoms with Gasteiger partial charge in [0.1, 0.15) is 5.58 Å². The van der Waals surface area contributed by atoms with Gasteiger partial charge in [-0.2, -0.15) is 0 Å². The quantitative estimate of drug-likeness (QED) is 0.685. The standard InChI is InChI=1S/C23H22N2O4/c26-21-17-8-4-5-9-18(17)29-22-19(21)20(16-6-2-1-3-7-16)25(23(22)27)11-10-24-12-14-28-15-13-24/h1-9,20H,10-15H2/t20-/m1/s1. The fraction of sp³-hybridized carbons (Fsp3) is 0.304. The molecule has 1 amide bonds. The molecule has 0 N–H and O–H groups in total. The van der Waals surface area contributed by atoms with Crippen LogP contribution in [0.4, 0.5) is 0 Å². The van der Waals surface area contributed by atoms with Crippen LogP contribution in [0.5, 0.6) is 0 Å². The van der Waals surface area contributed by atoms with Crippen molar-refractivity contribution in [3.8, 4) is 0 Å². The number of para-hydroxylation sites is 1. The van der Waals surface area contributed by atoms with Gasteiger partial charge in [0.2, 0.25) is 5.76 Å². The highest BCUT2D eigenvalue weighted by molar-refractivity contribution is 5.99. The van der Waals surface area contributed by atoms with Crippen molar-refractivity contribution in [2.24, 2.45) is 0 Å². The first-order chi connectivity index (χ1) is 14.2. The number of carbonyl (C=O) groups excluding carboxylic acids is 1. The second-order valence-corrected chi connectivity index (χ2v) is 7.44. The number of benzene rings is 2. The molecule has 6 heteroatoms. The second-order valence-electron chi connectivity index (χ2n) is 7.44. The Kier molecular flexibility index (Phi) is 4.66. The van der Waals surface area contributed by atoms with Gasteiger partial charge in [-0.3, -0.25) is 14.5 Å². The van der Waals surface area contributed by atoms with Crippen LogP contribution in [0.15, 0.2) is 63.8 Å². The summed E-state index contributed by atoms with van der Waals surface area (Å²) < 4.78 is 11.4. The molecule has 0 aliphatic carbocycles. The number of hydrogen-bond donors (Lipinski definition) is 0. The van der Waals surface area contributed by atoms with Gasteiger partial charge in [-0.25, -0.2) is 0 Å². The molecule has 2 aliphatic rings. The van der Waals surface area contributed by atoms with E-state index in [-0.39, 0.29) is 17.1 Å². The molecular formula is C23H22N2O4. The lowest BCUT2D eigenvalue weighted by molar-refractivity contribution is 0.0314. The van der Waals surface area contributed by atoms with Crippen LogP contribution in [-0.2, 0) is 4.74 Å². The van der Waals surface area contributed by atoms with Crippen LogP contribution in [0.25, 0.3) is 11.0 Å². The van der Waals surface area contributed by atoms with Crippen molar-refractivity contribution in [2.45, 2.75) is 6.04 Å². The summed E-state index contributed by atoms with van der Waals surface area (Å²) >= 11 is 0. The molecule has 0 unspecified atom stereocenters. The molecule has 1 aromatic heterocycles. The van der Waals surface area contributed by atoms with Crippen molar-refractivity contribution in [1.29, 1.82) is 0 Å². The topological polar surface area (TPSA) is 63.0 Å². The molecule has 0 radical (unpaired) electrons. The van der Waals surface area contributed by atoms with Crippen molar-refractivity contribution < 1.29 is 13.9 Å². The van der Waals surface area contributed by atoms with E-state index in [1.165, 1.54) is 0 Å². The fourth-order valence-electron chi connectivity index (χ4n) is 4.25. The lowest BCUT2D eigenvalue weighted by atomic mass is 9.98. The number of nitrogens with zero attached hydrogens (tertiary/aromatic N) is 2. The maximum Gasteiger partial charge on any atom is 0.290 e. The number of amides is 1. The van der Waals surface area contributed by atoms with Crippen LogP contribution < -0.4 is 5.43 Å². The Bertz CT molecular complexity index is 1100. The first-order valence-corrected chi connectivity index (χ1v) is 9.96. The molecule has 0 spiro atoms. The summed E-state index contributed by atoms with van der Waals surface area (Å²) in [5.41, 5.74) is 1.69. The van der Waals surface area contributed by atoms with E-state index in [4.69, 9.17) is 9.15 Å². The van der Waals surface area contributed by atoms with Gasteiger partial charge in [0.05, 0.1) is 30.2 Å². The van der Waals surface area contributed by atoms with E-state index in [0.717, 1.165) is 25.2 Å². The minimum Gasteiger partial charge on any atom is -0.450 e. The third kappa shape index (κ3) is 3.14. The average Bonchev–Trinajstić information content (AvgIpc) is 3.06. The molecule has 1 fully saturated rings. The van der Waals surface area contributed by atoms with E-state index in [1.807, 2.05) is 42.5 Å². The third-order valence-electron chi connectivity index (χ3n) is 5.75. The molecule has 5 rings (SSSR count). The molecule has 6 nitrogen and oxygen atoms in total. The van der Waals surface area contributed by atoms with E-state index in [0.29, 0.717) is 36.3 Å². The number of carbonyl (C=O) groups is 1. The van der Waals surface area contributed by atoms with E-state index in [1.54, 1.807) is 17.0 Å². The van der Waals surface area contributed by atoms with Gasteiger partial charge in [-0.15, -0.1) is 0 Å². The minimum absolute atomic E-state index is 0.127. The van der Waals surface area contributed by atoms with Gasteiger partial charge < -0.3 is 14.1 Å². The van der Waals surface area contributed by atoms with Crippen LogP contribution in [0.1, 0.15) is 27.7 Å². The molecule has 3 heterocycles. The van der Waals surface area contributed by atoms with Crippen molar-refractivity contribution in [2.75, 3.05) is 39.4 Å². The van der Waals surface area contributed by atoms with Gasteiger partial charge in [0.15, 0.2) is 5.43 Å². The normalized spacial score (nSPS) is 19.7. The van der Waals surface area contributed by atoms with E-state index >= 15 is 0 Å². The predicted octanol–water partition coefficient (Wildman–Crippen LogP) is 2.67. The van der Waals surface area contributed by atoms with Crippen LogP contribution in [0.3, 0.4) is 0 Å². The second kappa shape index (κ2) is 7.46. The van der Waals surface area contributed by atoms with Crippen LogP contribution in [0, 0.1) is 0 Å². The van der Waals surface area contributed by atoms with E-state index in [2.05, 4.69) is 4.90 Å². The zero-order valence-corrected chi connectivity index (χ0v) is 16.0. The SMILES string of the molecule is O=C1c2oc3ccccc3c(=O)c2[C@@H](c2ccccc2)N1CCN1CCOCC1. The van der Waals surface area contributed by atoms with Crippen molar-refractivity contribution in [3.05, 3.63) is 81.7 Å². The highest BCUT2D eigenvalue weighted by Gasteiger charge is 2.42. The van der Waals surface area contributed by atoms with Crippen LogP contribution >= 0.6 is 0 Å². The van der Waals surface area contributed by atoms with Crippen molar-refractivity contribution in [3.63, 3.8) is 0 Å². The molecule has 148 valence electrons. The zero-order valence-electron chi connectivity index (χ0n) is 16.0. The lowest BCUT2D eigenvalue weighted by Gasteiger charge is -2.31. The van der Waals surface area contributed by atoms with Gasteiger partial charge in [-0.1, -0.05) is 42.5 Å². The number of ether oxygens (including phenoxy) is 1. The number of rotatable bonds is 4. The molecule has 2 aromatic carbocycles. The van der Waals surface area contributed by atoms with E-state index in [9.17, 15) is 9.59 Å². The van der Waals surface area contributed by atoms with Gasteiger partial charge in [0.25, 0.3) is 5.91 Å². The zero-order chi connectivity index (χ0) is 19.8. The monoisotopic (exact) mass is 390 g/mol. The summed E-state index contributed by atoms with van der Waals surface area (Å²) in [6.07, 6.45) is 0. The third-order valence-corrected chi connectivity index (χ3v) is 5.75. The Morgan fingerprint density at radius 1 is 0.897 bits per heavy atom. The fourth-order valence-corrected chi connectivity index (χ4v) is 4.25. The smallest absolute Gasteiger partial charge is 0.290 e. The first-order valence-electron chi connectivity index (χ1n) is 9.96. The number of morpholine rings is 1. The predicted molar refractivity (Wildman–Crippen MR) is 109 cm³/mol. The molecule has 0 saturated carbocycles. The Hall–Kier alpha value is -2.96. The van der Waals surface area contributed by atoms with Gasteiger partial charge >= 0.3 is 0 Å². The lowest BCUT2D eigenvalue weighted by Crippen LogP contribution is -2.42. The molecular weight excluding hydrogens is 368 g/mol. The summed E-state index contributed by atoms with van der Waals surface area (Å²) in [7, 11) is 0. The summed E-state index contributed by atoms with van der Waals surface area (Å²) in [5, 5.41) is 0.509. The Morgan fingerprint density at radius 2 is 1.62 bits per heavy atom. The van der Waals surface area contributed by atoms with E-state index < -0.39 is 6.04 Å².